The molecule has 0 saturated heterocycles. The maximum Gasteiger partial charge on any atom is 0.306 e. The molecule has 0 N–H and O–H groups in total. The zero-order valence-corrected chi connectivity index (χ0v) is 11.7. The summed E-state index contributed by atoms with van der Waals surface area (Å²) in [6.07, 6.45) is 0.256. The van der Waals surface area contributed by atoms with Crippen molar-refractivity contribution in [2.75, 3.05) is 6.61 Å². The molecule has 110 valence electrons. The van der Waals surface area contributed by atoms with E-state index in [-0.39, 0.29) is 17.8 Å². The summed E-state index contributed by atoms with van der Waals surface area (Å²) in [7, 11) is 0. The van der Waals surface area contributed by atoms with Gasteiger partial charge in [0.2, 0.25) is 0 Å². The van der Waals surface area contributed by atoms with Gasteiger partial charge in [0.25, 0.3) is 0 Å². The highest BCUT2D eigenvalue weighted by Gasteiger charge is 2.32. The number of ether oxygens (including phenoxy) is 1. The summed E-state index contributed by atoms with van der Waals surface area (Å²) in [6, 6.07) is 14.3. The molecule has 0 saturated carbocycles. The molecular weight excluding hydrogens is 274 g/mol. The van der Waals surface area contributed by atoms with Gasteiger partial charge in [0, 0.05) is 12.0 Å². The second kappa shape index (κ2) is 6.48. The smallest absolute Gasteiger partial charge is 0.306 e. The van der Waals surface area contributed by atoms with E-state index in [2.05, 4.69) is 0 Å². The van der Waals surface area contributed by atoms with Crippen LogP contribution in [-0.4, -0.2) is 12.4 Å². The molecule has 4 heteroatoms. The fraction of sp³-hybridized carbons (Fsp3) is 0.235. The molecule has 0 heterocycles. The van der Waals surface area contributed by atoms with Gasteiger partial charge in [-0.25, -0.2) is 0 Å². The lowest BCUT2D eigenvalue weighted by molar-refractivity contribution is -0.116. The average Bonchev–Trinajstić information content (AvgIpc) is 2.46. The summed E-state index contributed by atoms with van der Waals surface area (Å²) in [5.74, 6) is -2.67. The van der Waals surface area contributed by atoms with Crippen molar-refractivity contribution in [1.82, 2.24) is 0 Å². The Balaban J connectivity index is 2.03. The highest BCUT2D eigenvalue weighted by Crippen LogP contribution is 2.29. The zero-order valence-electron chi connectivity index (χ0n) is 11.7. The van der Waals surface area contributed by atoms with E-state index in [0.717, 1.165) is 5.56 Å². The maximum atomic E-state index is 14.0. The Bertz CT molecular complexity index is 592. The number of hydrogen-bond acceptors (Lipinski definition) is 2. The summed E-state index contributed by atoms with van der Waals surface area (Å²) in [5, 5.41) is 0. The Morgan fingerprint density at radius 3 is 2.24 bits per heavy atom. The number of ketones is 1. The van der Waals surface area contributed by atoms with Gasteiger partial charge in [0.1, 0.15) is 11.5 Å². The molecule has 0 aromatic heterocycles. The van der Waals surface area contributed by atoms with Crippen molar-refractivity contribution < 1.29 is 18.3 Å². The Labute approximate surface area is 122 Å². The third-order valence-electron chi connectivity index (χ3n) is 2.99. The van der Waals surface area contributed by atoms with Crippen LogP contribution in [0.3, 0.4) is 0 Å². The van der Waals surface area contributed by atoms with Gasteiger partial charge in [-0.3, -0.25) is 4.79 Å². The molecule has 0 aliphatic carbocycles. The lowest BCUT2D eigenvalue weighted by Gasteiger charge is -2.17. The molecule has 21 heavy (non-hydrogen) atoms. The molecule has 2 aromatic carbocycles. The number of halogens is 2. The number of hydrogen-bond donors (Lipinski definition) is 0. The van der Waals surface area contributed by atoms with Crippen LogP contribution < -0.4 is 4.74 Å². The minimum absolute atomic E-state index is 0.00178. The topological polar surface area (TPSA) is 26.3 Å². The number of alkyl halides is 2. The molecule has 0 bridgehead atoms. The molecule has 0 spiro atoms. The molecule has 2 nitrogen and oxygen atoms in total. The van der Waals surface area contributed by atoms with E-state index in [0.29, 0.717) is 5.75 Å². The van der Waals surface area contributed by atoms with E-state index in [1.807, 2.05) is 0 Å². The first-order valence-electron chi connectivity index (χ1n) is 6.62. The number of benzene rings is 2. The Hall–Kier alpha value is -2.23. The van der Waals surface area contributed by atoms with Crippen LogP contribution in [0.2, 0.25) is 0 Å². The zero-order chi connectivity index (χ0) is 15.3. The fourth-order valence-electron chi connectivity index (χ4n) is 1.93. The van der Waals surface area contributed by atoms with Crippen molar-refractivity contribution in [3.63, 3.8) is 0 Å². The van der Waals surface area contributed by atoms with E-state index in [1.165, 1.54) is 19.1 Å². The summed E-state index contributed by atoms with van der Waals surface area (Å²) in [6.45, 7) is 0.749. The molecule has 0 amide bonds. The number of carbonyl (C=O) groups excluding carboxylic acids is 1. The Morgan fingerprint density at radius 2 is 1.67 bits per heavy atom. The fourth-order valence-corrected chi connectivity index (χ4v) is 1.93. The van der Waals surface area contributed by atoms with Crippen LogP contribution in [0, 0.1) is 0 Å². The molecule has 0 aliphatic heterocycles. The third kappa shape index (κ3) is 4.38. The van der Waals surface area contributed by atoms with Crippen molar-refractivity contribution in [3.05, 3.63) is 65.7 Å². The summed E-state index contributed by atoms with van der Waals surface area (Å²) >= 11 is 0. The summed E-state index contributed by atoms with van der Waals surface area (Å²) in [5.41, 5.74) is 0.608. The van der Waals surface area contributed by atoms with Crippen LogP contribution in [-0.2, 0) is 17.1 Å². The molecule has 0 unspecified atom stereocenters. The molecule has 2 rings (SSSR count). The van der Waals surface area contributed by atoms with Crippen LogP contribution >= 0.6 is 0 Å². The minimum Gasteiger partial charge on any atom is -0.487 e. The normalized spacial score (nSPS) is 11.2. The number of carbonyl (C=O) groups is 1. The standard InChI is InChI=1S/C17H16F2O2/c1-13(20)11-14-7-9-15(10-8-14)17(18,19)12-21-16-5-3-2-4-6-16/h2-10H,11-12H2,1H3. The predicted octanol–water partition coefficient (Wildman–Crippen LogP) is 3.99. The van der Waals surface area contributed by atoms with Crippen LogP contribution in [0.5, 0.6) is 5.75 Å². The minimum atomic E-state index is -3.08. The molecule has 0 radical (unpaired) electrons. The quantitative estimate of drug-likeness (QED) is 0.804. The highest BCUT2D eigenvalue weighted by atomic mass is 19.3. The largest absolute Gasteiger partial charge is 0.487 e. The van der Waals surface area contributed by atoms with Crippen molar-refractivity contribution in [2.24, 2.45) is 0 Å². The molecular formula is C17H16F2O2. The SMILES string of the molecule is CC(=O)Cc1ccc(C(F)(F)COc2ccccc2)cc1. The summed E-state index contributed by atoms with van der Waals surface area (Å²) < 4.78 is 33.2. The first-order valence-corrected chi connectivity index (χ1v) is 6.62. The average molecular weight is 290 g/mol. The number of rotatable bonds is 6. The molecule has 2 aromatic rings. The highest BCUT2D eigenvalue weighted by molar-refractivity contribution is 5.78. The first-order chi connectivity index (χ1) is 9.97. The predicted molar refractivity (Wildman–Crippen MR) is 76.7 cm³/mol. The van der Waals surface area contributed by atoms with Crippen molar-refractivity contribution >= 4 is 5.78 Å². The van der Waals surface area contributed by atoms with E-state index >= 15 is 0 Å². The van der Waals surface area contributed by atoms with Gasteiger partial charge >= 0.3 is 5.92 Å². The lowest BCUT2D eigenvalue weighted by atomic mass is 10.0. The second-order valence-electron chi connectivity index (χ2n) is 4.88. The van der Waals surface area contributed by atoms with Gasteiger partial charge in [-0.1, -0.05) is 42.5 Å². The van der Waals surface area contributed by atoms with E-state index < -0.39 is 12.5 Å². The lowest BCUT2D eigenvalue weighted by Crippen LogP contribution is -2.23. The van der Waals surface area contributed by atoms with Gasteiger partial charge in [-0.15, -0.1) is 0 Å². The van der Waals surface area contributed by atoms with Crippen LogP contribution in [0.15, 0.2) is 54.6 Å². The Morgan fingerprint density at radius 1 is 1.05 bits per heavy atom. The van der Waals surface area contributed by atoms with Crippen molar-refractivity contribution in [2.45, 2.75) is 19.3 Å². The second-order valence-corrected chi connectivity index (χ2v) is 4.88. The maximum absolute atomic E-state index is 14.0. The van der Waals surface area contributed by atoms with Gasteiger partial charge in [-0.2, -0.15) is 8.78 Å². The van der Waals surface area contributed by atoms with Gasteiger partial charge in [-0.05, 0) is 24.6 Å². The van der Waals surface area contributed by atoms with Crippen molar-refractivity contribution in [1.29, 1.82) is 0 Å². The monoisotopic (exact) mass is 290 g/mol. The molecule has 0 aliphatic rings. The van der Waals surface area contributed by atoms with E-state index in [1.54, 1.807) is 42.5 Å². The first kappa shape index (κ1) is 15.2. The molecule has 0 atom stereocenters. The van der Waals surface area contributed by atoms with Gasteiger partial charge in [0.05, 0.1) is 0 Å². The summed E-state index contributed by atoms with van der Waals surface area (Å²) in [4.78, 5) is 11.0. The van der Waals surface area contributed by atoms with Crippen LogP contribution in [0.1, 0.15) is 18.1 Å². The number of Topliss-reactive ketones (excluding diaryl/α,β-unsaturated/α-hetero) is 1. The van der Waals surface area contributed by atoms with Crippen molar-refractivity contribution in [3.8, 4) is 5.75 Å². The van der Waals surface area contributed by atoms with Crippen LogP contribution in [0.25, 0.3) is 0 Å². The molecule has 0 fully saturated rings. The van der Waals surface area contributed by atoms with Gasteiger partial charge in [0.15, 0.2) is 6.61 Å². The van der Waals surface area contributed by atoms with Crippen LogP contribution in [0.4, 0.5) is 8.78 Å². The van der Waals surface area contributed by atoms with E-state index in [9.17, 15) is 13.6 Å². The number of para-hydroxylation sites is 1. The van der Waals surface area contributed by atoms with Gasteiger partial charge < -0.3 is 4.74 Å². The third-order valence-corrected chi connectivity index (χ3v) is 2.99. The Kier molecular flexibility index (Phi) is 4.68. The van der Waals surface area contributed by atoms with E-state index in [4.69, 9.17) is 4.74 Å².